The predicted octanol–water partition coefficient (Wildman–Crippen LogP) is 1.34. The molecule has 1 rings (SSSR count). The summed E-state index contributed by atoms with van der Waals surface area (Å²) in [7, 11) is 0. The van der Waals surface area contributed by atoms with Crippen LogP contribution in [0.15, 0.2) is 0 Å². The van der Waals surface area contributed by atoms with Crippen LogP contribution in [0.25, 0.3) is 0 Å². The van der Waals surface area contributed by atoms with Crippen molar-refractivity contribution in [2.24, 2.45) is 0 Å². The summed E-state index contributed by atoms with van der Waals surface area (Å²) >= 11 is 0. The lowest BCUT2D eigenvalue weighted by Crippen LogP contribution is -2.55. The van der Waals surface area contributed by atoms with Crippen LogP contribution in [0, 0.1) is 0 Å². The Kier molecular flexibility index (Phi) is 3.31. The molecule has 1 atom stereocenters. The molecule has 0 unspecified atom stereocenters. The van der Waals surface area contributed by atoms with E-state index in [9.17, 15) is 4.79 Å². The van der Waals surface area contributed by atoms with Crippen LogP contribution in [0.2, 0.25) is 0 Å². The highest BCUT2D eigenvalue weighted by atomic mass is 16.1. The minimum Gasteiger partial charge on any atom is -0.325 e. The number of carbonyl (C=O) groups is 1. The Balaban J connectivity index is 2.59. The van der Waals surface area contributed by atoms with E-state index in [2.05, 4.69) is 26.1 Å². The maximum absolute atomic E-state index is 10.9. The quantitative estimate of drug-likeness (QED) is 0.657. The summed E-state index contributed by atoms with van der Waals surface area (Å²) in [5.74, 6) is 0. The average molecular weight is 184 g/mol. The van der Waals surface area contributed by atoms with Gasteiger partial charge in [0.1, 0.15) is 0 Å². The lowest BCUT2D eigenvalue weighted by Gasteiger charge is -2.41. The van der Waals surface area contributed by atoms with Gasteiger partial charge in [-0.1, -0.05) is 0 Å². The van der Waals surface area contributed by atoms with E-state index < -0.39 is 0 Å². The summed E-state index contributed by atoms with van der Waals surface area (Å²) < 4.78 is 0. The van der Waals surface area contributed by atoms with Gasteiger partial charge in [-0.3, -0.25) is 10.1 Å². The van der Waals surface area contributed by atoms with E-state index in [-0.39, 0.29) is 11.7 Å². The van der Waals surface area contributed by atoms with E-state index in [1.807, 2.05) is 4.90 Å². The maximum atomic E-state index is 10.9. The molecule has 1 aliphatic heterocycles. The number of nitrogens with one attached hydrogen (secondary N) is 1. The molecule has 1 amide bonds. The Morgan fingerprint density at radius 2 is 2.08 bits per heavy atom. The Morgan fingerprint density at radius 1 is 1.38 bits per heavy atom. The van der Waals surface area contributed by atoms with Crippen molar-refractivity contribution in [2.45, 2.75) is 51.7 Å². The second kappa shape index (κ2) is 4.09. The molecule has 0 aliphatic carbocycles. The van der Waals surface area contributed by atoms with Crippen LogP contribution in [0.3, 0.4) is 0 Å². The SMILES string of the molecule is CC(C)(C)N(C=O)[C@H]1CCCCN1. The van der Waals surface area contributed by atoms with Crippen LogP contribution in [0.5, 0.6) is 0 Å². The summed E-state index contributed by atoms with van der Waals surface area (Å²) in [4.78, 5) is 12.8. The molecule has 1 saturated heterocycles. The Labute approximate surface area is 80.5 Å². The zero-order chi connectivity index (χ0) is 9.90. The van der Waals surface area contributed by atoms with Crippen molar-refractivity contribution < 1.29 is 4.79 Å². The normalized spacial score (nSPS) is 24.1. The van der Waals surface area contributed by atoms with Crippen molar-refractivity contribution in [1.82, 2.24) is 10.2 Å². The molecule has 3 nitrogen and oxygen atoms in total. The maximum Gasteiger partial charge on any atom is 0.211 e. The van der Waals surface area contributed by atoms with Gasteiger partial charge in [-0.05, 0) is 46.6 Å². The molecule has 1 fully saturated rings. The highest BCUT2D eigenvalue weighted by molar-refractivity contribution is 5.49. The van der Waals surface area contributed by atoms with Crippen LogP contribution in [-0.4, -0.2) is 29.6 Å². The number of carbonyl (C=O) groups excluding carboxylic acids is 1. The standard InChI is InChI=1S/C10H20N2O/c1-10(2,3)12(8-13)9-6-4-5-7-11-9/h8-9,11H,4-7H2,1-3H3/t9-/m0/s1. The van der Waals surface area contributed by atoms with Crippen molar-refractivity contribution in [1.29, 1.82) is 0 Å². The summed E-state index contributed by atoms with van der Waals surface area (Å²) in [6.45, 7) is 7.23. The molecular formula is C10H20N2O. The van der Waals surface area contributed by atoms with Gasteiger partial charge in [0, 0.05) is 5.54 Å². The van der Waals surface area contributed by atoms with Gasteiger partial charge in [0.05, 0.1) is 6.17 Å². The Morgan fingerprint density at radius 3 is 2.46 bits per heavy atom. The summed E-state index contributed by atoms with van der Waals surface area (Å²) in [5.41, 5.74) is -0.0727. The van der Waals surface area contributed by atoms with Crippen LogP contribution in [-0.2, 0) is 4.79 Å². The second-order valence-electron chi connectivity index (χ2n) is 4.65. The molecule has 1 aliphatic rings. The van der Waals surface area contributed by atoms with E-state index in [1.54, 1.807) is 0 Å². The molecule has 0 radical (unpaired) electrons. The second-order valence-corrected chi connectivity index (χ2v) is 4.65. The van der Waals surface area contributed by atoms with Crippen LogP contribution >= 0.6 is 0 Å². The van der Waals surface area contributed by atoms with E-state index >= 15 is 0 Å². The number of amides is 1. The molecule has 1 N–H and O–H groups in total. The molecule has 0 saturated carbocycles. The molecule has 0 aromatic rings. The summed E-state index contributed by atoms with van der Waals surface area (Å²) in [6.07, 6.45) is 4.73. The van der Waals surface area contributed by atoms with E-state index in [0.29, 0.717) is 0 Å². The molecule has 3 heteroatoms. The topological polar surface area (TPSA) is 32.3 Å². The van der Waals surface area contributed by atoms with Crippen molar-refractivity contribution in [3.05, 3.63) is 0 Å². The van der Waals surface area contributed by atoms with Gasteiger partial charge in [0.25, 0.3) is 0 Å². The fourth-order valence-corrected chi connectivity index (χ4v) is 1.77. The van der Waals surface area contributed by atoms with Crippen molar-refractivity contribution in [2.75, 3.05) is 6.54 Å². The van der Waals surface area contributed by atoms with Crippen molar-refractivity contribution >= 4 is 6.41 Å². The van der Waals surface area contributed by atoms with Gasteiger partial charge < -0.3 is 4.90 Å². The number of hydrogen-bond donors (Lipinski definition) is 1. The largest absolute Gasteiger partial charge is 0.325 e. The molecule has 0 aromatic carbocycles. The number of hydrogen-bond acceptors (Lipinski definition) is 2. The highest BCUT2D eigenvalue weighted by Gasteiger charge is 2.27. The fourth-order valence-electron chi connectivity index (χ4n) is 1.77. The average Bonchev–Trinajstić information content (AvgIpc) is 2.05. The molecule has 0 bridgehead atoms. The van der Waals surface area contributed by atoms with E-state index in [4.69, 9.17) is 0 Å². The van der Waals surface area contributed by atoms with Crippen LogP contribution in [0.1, 0.15) is 40.0 Å². The van der Waals surface area contributed by atoms with Crippen LogP contribution in [0.4, 0.5) is 0 Å². The monoisotopic (exact) mass is 184 g/mol. The number of nitrogens with zero attached hydrogens (tertiary/aromatic N) is 1. The van der Waals surface area contributed by atoms with E-state index in [1.165, 1.54) is 12.8 Å². The summed E-state index contributed by atoms with van der Waals surface area (Å²) in [6, 6.07) is 0. The van der Waals surface area contributed by atoms with Gasteiger partial charge in [-0.25, -0.2) is 0 Å². The first-order valence-corrected chi connectivity index (χ1v) is 5.03. The molecule has 0 spiro atoms. The minimum atomic E-state index is -0.0727. The first-order valence-electron chi connectivity index (χ1n) is 5.03. The molecule has 13 heavy (non-hydrogen) atoms. The Hall–Kier alpha value is -0.570. The third-order valence-corrected chi connectivity index (χ3v) is 2.51. The molecule has 76 valence electrons. The van der Waals surface area contributed by atoms with Gasteiger partial charge in [-0.15, -0.1) is 0 Å². The third kappa shape index (κ3) is 2.69. The highest BCUT2D eigenvalue weighted by Crippen LogP contribution is 2.18. The van der Waals surface area contributed by atoms with Crippen LogP contribution < -0.4 is 5.32 Å². The molecule has 1 heterocycles. The molecular weight excluding hydrogens is 164 g/mol. The number of piperidine rings is 1. The van der Waals surface area contributed by atoms with Gasteiger partial charge in [-0.2, -0.15) is 0 Å². The van der Waals surface area contributed by atoms with Gasteiger partial charge >= 0.3 is 0 Å². The zero-order valence-electron chi connectivity index (χ0n) is 8.84. The summed E-state index contributed by atoms with van der Waals surface area (Å²) in [5, 5.41) is 3.37. The predicted molar refractivity (Wildman–Crippen MR) is 53.3 cm³/mol. The van der Waals surface area contributed by atoms with E-state index in [0.717, 1.165) is 19.4 Å². The first kappa shape index (κ1) is 10.5. The zero-order valence-corrected chi connectivity index (χ0v) is 8.84. The third-order valence-electron chi connectivity index (χ3n) is 2.51. The smallest absolute Gasteiger partial charge is 0.211 e. The van der Waals surface area contributed by atoms with Gasteiger partial charge in [0.15, 0.2) is 0 Å². The van der Waals surface area contributed by atoms with Gasteiger partial charge in [0.2, 0.25) is 6.41 Å². The molecule has 0 aromatic heterocycles. The number of rotatable bonds is 2. The fraction of sp³-hybridized carbons (Fsp3) is 0.900. The van der Waals surface area contributed by atoms with Crippen molar-refractivity contribution in [3.8, 4) is 0 Å². The first-order chi connectivity index (χ1) is 6.05. The van der Waals surface area contributed by atoms with Crippen molar-refractivity contribution in [3.63, 3.8) is 0 Å². The lowest BCUT2D eigenvalue weighted by molar-refractivity contribution is -0.126. The minimum absolute atomic E-state index is 0.0727. The Bertz CT molecular complexity index is 168. The lowest BCUT2D eigenvalue weighted by atomic mass is 10.0.